The Morgan fingerprint density at radius 2 is 1.35 bits per heavy atom. The van der Waals surface area contributed by atoms with Crippen LogP contribution in [0.4, 0.5) is 0 Å². The van der Waals surface area contributed by atoms with Crippen molar-refractivity contribution in [2.75, 3.05) is 0 Å². The second-order valence-corrected chi connectivity index (χ2v) is 4.41. The lowest BCUT2D eigenvalue weighted by molar-refractivity contribution is 0.448. The second kappa shape index (κ2) is 4.13. The minimum absolute atomic E-state index is 0.120. The molecule has 2 rings (SSSR count). The van der Waals surface area contributed by atoms with Gasteiger partial charge in [0, 0.05) is 11.6 Å². The fourth-order valence-electron chi connectivity index (χ4n) is 1.97. The molecular formula is C15H16O2. The summed E-state index contributed by atoms with van der Waals surface area (Å²) < 4.78 is 0. The van der Waals surface area contributed by atoms with Crippen LogP contribution in [0.2, 0.25) is 0 Å². The lowest BCUT2D eigenvalue weighted by Gasteiger charge is -2.13. The van der Waals surface area contributed by atoms with Crippen molar-refractivity contribution in [3.05, 3.63) is 47.0 Å². The Bertz CT molecular complexity index is 554. The zero-order valence-electron chi connectivity index (χ0n) is 10.3. The van der Waals surface area contributed by atoms with Crippen LogP contribution >= 0.6 is 0 Å². The summed E-state index contributed by atoms with van der Waals surface area (Å²) in [6.07, 6.45) is 0. The summed E-state index contributed by atoms with van der Waals surface area (Å²) >= 11 is 0. The molecule has 0 radical (unpaired) electrons. The average molecular weight is 228 g/mol. The molecule has 17 heavy (non-hydrogen) atoms. The van der Waals surface area contributed by atoms with E-state index in [0.29, 0.717) is 0 Å². The summed E-state index contributed by atoms with van der Waals surface area (Å²) in [5, 5.41) is 19.6. The topological polar surface area (TPSA) is 40.5 Å². The molecule has 0 spiro atoms. The van der Waals surface area contributed by atoms with Gasteiger partial charge in [-0.05, 0) is 37.5 Å². The highest BCUT2D eigenvalue weighted by molar-refractivity contribution is 5.76. The zero-order valence-corrected chi connectivity index (χ0v) is 10.3. The Balaban J connectivity index is 2.67. The lowest BCUT2D eigenvalue weighted by atomic mass is 9.95. The van der Waals surface area contributed by atoms with Gasteiger partial charge in [0.25, 0.3) is 0 Å². The van der Waals surface area contributed by atoms with Crippen LogP contribution in [0.1, 0.15) is 16.7 Å². The molecule has 2 aromatic rings. The van der Waals surface area contributed by atoms with E-state index in [2.05, 4.69) is 0 Å². The Morgan fingerprint density at radius 1 is 0.765 bits per heavy atom. The molecular weight excluding hydrogens is 212 g/mol. The van der Waals surface area contributed by atoms with Crippen LogP contribution in [-0.4, -0.2) is 10.2 Å². The maximum absolute atomic E-state index is 9.96. The number of phenols is 2. The molecule has 0 unspecified atom stereocenters. The van der Waals surface area contributed by atoms with Crippen LogP contribution in [0, 0.1) is 20.8 Å². The van der Waals surface area contributed by atoms with Crippen LogP contribution in [0.15, 0.2) is 30.3 Å². The van der Waals surface area contributed by atoms with Gasteiger partial charge in [-0.25, -0.2) is 0 Å². The third kappa shape index (κ3) is 1.98. The highest BCUT2D eigenvalue weighted by Gasteiger charge is 2.13. The Labute approximate surface area is 101 Å². The summed E-state index contributed by atoms with van der Waals surface area (Å²) in [5.41, 5.74) is 4.65. The predicted molar refractivity (Wildman–Crippen MR) is 69.4 cm³/mol. The number of aromatic hydroxyl groups is 2. The van der Waals surface area contributed by atoms with Gasteiger partial charge in [0.1, 0.15) is 11.5 Å². The van der Waals surface area contributed by atoms with Gasteiger partial charge in [0.15, 0.2) is 0 Å². The van der Waals surface area contributed by atoms with Crippen LogP contribution in [0.25, 0.3) is 11.1 Å². The van der Waals surface area contributed by atoms with Gasteiger partial charge in [-0.2, -0.15) is 0 Å². The van der Waals surface area contributed by atoms with Crippen LogP contribution in [0.3, 0.4) is 0 Å². The molecule has 0 amide bonds. The summed E-state index contributed by atoms with van der Waals surface area (Å²) in [7, 11) is 0. The number of benzene rings is 2. The third-order valence-electron chi connectivity index (χ3n) is 3.19. The molecule has 0 aromatic heterocycles. The molecule has 0 saturated heterocycles. The van der Waals surface area contributed by atoms with Crippen LogP contribution < -0.4 is 0 Å². The van der Waals surface area contributed by atoms with E-state index in [1.165, 1.54) is 11.6 Å². The molecule has 2 nitrogen and oxygen atoms in total. The van der Waals surface area contributed by atoms with Crippen molar-refractivity contribution in [2.24, 2.45) is 0 Å². The van der Waals surface area contributed by atoms with Crippen molar-refractivity contribution in [3.8, 4) is 22.6 Å². The van der Waals surface area contributed by atoms with Gasteiger partial charge in [-0.3, -0.25) is 0 Å². The number of rotatable bonds is 1. The molecule has 0 atom stereocenters. The summed E-state index contributed by atoms with van der Waals surface area (Å²) in [5.74, 6) is 0.255. The maximum Gasteiger partial charge on any atom is 0.127 e. The van der Waals surface area contributed by atoms with Crippen molar-refractivity contribution in [1.29, 1.82) is 0 Å². The molecule has 0 bridgehead atoms. The van der Waals surface area contributed by atoms with E-state index in [-0.39, 0.29) is 11.5 Å². The maximum atomic E-state index is 9.96. The van der Waals surface area contributed by atoms with E-state index in [0.717, 1.165) is 22.3 Å². The molecule has 0 aliphatic heterocycles. The van der Waals surface area contributed by atoms with Crippen molar-refractivity contribution >= 4 is 0 Å². The highest BCUT2D eigenvalue weighted by atomic mass is 16.3. The number of hydrogen-bond acceptors (Lipinski definition) is 2. The first kappa shape index (κ1) is 11.5. The fourth-order valence-corrected chi connectivity index (χ4v) is 1.97. The molecule has 0 aliphatic rings. The molecule has 2 heteroatoms. The number of aryl methyl sites for hydroxylation is 1. The average Bonchev–Trinajstić information content (AvgIpc) is 2.29. The van der Waals surface area contributed by atoms with E-state index in [1.807, 2.05) is 45.0 Å². The first-order valence-corrected chi connectivity index (χ1v) is 5.60. The van der Waals surface area contributed by atoms with Gasteiger partial charge in [0.2, 0.25) is 0 Å². The fraction of sp³-hybridized carbons (Fsp3) is 0.200. The van der Waals surface area contributed by atoms with Gasteiger partial charge in [-0.15, -0.1) is 0 Å². The minimum Gasteiger partial charge on any atom is -0.508 e. The predicted octanol–water partition coefficient (Wildman–Crippen LogP) is 3.69. The zero-order chi connectivity index (χ0) is 12.6. The van der Waals surface area contributed by atoms with E-state index in [9.17, 15) is 10.2 Å². The standard InChI is InChI=1S/C15H16O2/c1-9-4-6-12(7-5-9)15-11(3)10(2)13(16)8-14(15)17/h4-8,16-17H,1-3H3. The number of hydrogen-bond donors (Lipinski definition) is 2. The van der Waals surface area contributed by atoms with Crippen molar-refractivity contribution in [1.82, 2.24) is 0 Å². The van der Waals surface area contributed by atoms with Crippen molar-refractivity contribution < 1.29 is 10.2 Å². The molecule has 0 aliphatic carbocycles. The smallest absolute Gasteiger partial charge is 0.127 e. The SMILES string of the molecule is Cc1ccc(-c2c(O)cc(O)c(C)c2C)cc1. The normalized spacial score (nSPS) is 10.5. The summed E-state index contributed by atoms with van der Waals surface area (Å²) in [6.45, 7) is 5.78. The van der Waals surface area contributed by atoms with Crippen molar-refractivity contribution in [3.63, 3.8) is 0 Å². The third-order valence-corrected chi connectivity index (χ3v) is 3.19. The van der Waals surface area contributed by atoms with Gasteiger partial charge in [-0.1, -0.05) is 29.8 Å². The van der Waals surface area contributed by atoms with Crippen LogP contribution in [-0.2, 0) is 0 Å². The largest absolute Gasteiger partial charge is 0.508 e. The summed E-state index contributed by atoms with van der Waals surface area (Å²) in [6, 6.07) is 9.38. The van der Waals surface area contributed by atoms with E-state index in [1.54, 1.807) is 0 Å². The first-order chi connectivity index (χ1) is 8.00. The Hall–Kier alpha value is -1.96. The Kier molecular flexibility index (Phi) is 2.80. The molecule has 2 aromatic carbocycles. The minimum atomic E-state index is 0.120. The molecule has 0 fully saturated rings. The van der Waals surface area contributed by atoms with E-state index < -0.39 is 0 Å². The first-order valence-electron chi connectivity index (χ1n) is 5.60. The van der Waals surface area contributed by atoms with Gasteiger partial charge < -0.3 is 10.2 Å². The molecule has 2 N–H and O–H groups in total. The Morgan fingerprint density at radius 3 is 1.94 bits per heavy atom. The molecule has 0 saturated carbocycles. The van der Waals surface area contributed by atoms with Gasteiger partial charge >= 0.3 is 0 Å². The van der Waals surface area contributed by atoms with E-state index in [4.69, 9.17) is 0 Å². The number of phenolic OH excluding ortho intramolecular Hbond substituents is 2. The second-order valence-electron chi connectivity index (χ2n) is 4.41. The quantitative estimate of drug-likeness (QED) is 0.781. The lowest BCUT2D eigenvalue weighted by Crippen LogP contribution is -1.89. The molecule has 88 valence electrons. The van der Waals surface area contributed by atoms with Crippen LogP contribution in [0.5, 0.6) is 11.5 Å². The highest BCUT2D eigenvalue weighted by Crippen LogP contribution is 2.38. The summed E-state index contributed by atoms with van der Waals surface area (Å²) in [4.78, 5) is 0. The van der Waals surface area contributed by atoms with Gasteiger partial charge in [0.05, 0.1) is 0 Å². The van der Waals surface area contributed by atoms with Crippen molar-refractivity contribution in [2.45, 2.75) is 20.8 Å². The van der Waals surface area contributed by atoms with E-state index >= 15 is 0 Å². The molecule has 0 heterocycles. The monoisotopic (exact) mass is 228 g/mol.